The minimum Gasteiger partial charge on any atom is -0.497 e. The van der Waals surface area contributed by atoms with Crippen molar-refractivity contribution in [3.05, 3.63) is 65.5 Å². The fraction of sp³-hybridized carbons (Fsp3) is 0.360. The highest BCUT2D eigenvalue weighted by molar-refractivity contribution is 5.76. The lowest BCUT2D eigenvalue weighted by atomic mass is 9.65. The molecule has 162 valence electrons. The van der Waals surface area contributed by atoms with Crippen LogP contribution in [0.15, 0.2) is 52.9 Å². The van der Waals surface area contributed by atoms with Crippen LogP contribution in [-0.4, -0.2) is 29.8 Å². The number of carboxylic acids is 1. The normalized spacial score (nSPS) is 14.6. The summed E-state index contributed by atoms with van der Waals surface area (Å²) in [6, 6.07) is 15.3. The van der Waals surface area contributed by atoms with Gasteiger partial charge in [0.2, 0.25) is 5.89 Å². The van der Waals surface area contributed by atoms with Crippen molar-refractivity contribution in [2.45, 2.75) is 39.0 Å². The van der Waals surface area contributed by atoms with E-state index in [9.17, 15) is 9.90 Å². The number of carboxylic acid groups (broad SMARTS) is 1. The Balaban J connectivity index is 1.33. The standard InChI is InChI=1S/C25H27NO5/c1-17-22(26-23(31-17)19-5-3-6-21(15-19)29-2)11-14-30-20-9-7-18(8-10-20)16-25(24(27)28)12-4-13-25/h3,5-10,15H,4,11-14,16H2,1-2H3,(H,27,28). The number of nitrogens with zero attached hydrogens (tertiary/aromatic N) is 1. The zero-order valence-electron chi connectivity index (χ0n) is 17.9. The summed E-state index contributed by atoms with van der Waals surface area (Å²) in [5.41, 5.74) is 2.19. The van der Waals surface area contributed by atoms with Crippen molar-refractivity contribution in [2.75, 3.05) is 13.7 Å². The van der Waals surface area contributed by atoms with Gasteiger partial charge in [-0.1, -0.05) is 24.6 Å². The molecule has 0 spiro atoms. The van der Waals surface area contributed by atoms with Crippen LogP contribution in [0.25, 0.3) is 11.5 Å². The summed E-state index contributed by atoms with van der Waals surface area (Å²) in [7, 11) is 1.63. The first-order chi connectivity index (χ1) is 15.0. The number of rotatable bonds is 9. The van der Waals surface area contributed by atoms with Crippen LogP contribution in [0.5, 0.6) is 11.5 Å². The predicted octanol–water partition coefficient (Wildman–Crippen LogP) is 5.08. The van der Waals surface area contributed by atoms with Crippen molar-refractivity contribution < 1.29 is 23.8 Å². The second-order valence-electron chi connectivity index (χ2n) is 8.11. The number of aryl methyl sites for hydroxylation is 1. The Kier molecular flexibility index (Phi) is 5.98. The third-order valence-electron chi connectivity index (χ3n) is 6.05. The number of ether oxygens (including phenoxy) is 2. The summed E-state index contributed by atoms with van der Waals surface area (Å²) in [6.45, 7) is 2.38. The molecule has 6 heteroatoms. The molecule has 0 amide bonds. The fourth-order valence-corrected chi connectivity index (χ4v) is 3.97. The molecule has 1 aromatic heterocycles. The molecule has 1 heterocycles. The van der Waals surface area contributed by atoms with Crippen LogP contribution >= 0.6 is 0 Å². The third-order valence-corrected chi connectivity index (χ3v) is 6.05. The molecule has 3 aromatic rings. The molecule has 0 aliphatic heterocycles. The van der Waals surface area contributed by atoms with Crippen LogP contribution in [0.2, 0.25) is 0 Å². The molecule has 0 bridgehead atoms. The molecule has 6 nitrogen and oxygen atoms in total. The number of hydrogen-bond donors (Lipinski definition) is 1. The zero-order chi connectivity index (χ0) is 21.8. The molecular formula is C25H27NO5. The molecule has 0 radical (unpaired) electrons. The lowest BCUT2D eigenvalue weighted by Gasteiger charge is -2.37. The van der Waals surface area contributed by atoms with Gasteiger partial charge in [-0.15, -0.1) is 0 Å². The summed E-state index contributed by atoms with van der Waals surface area (Å²) < 4.78 is 17.0. The van der Waals surface area contributed by atoms with Gasteiger partial charge in [0.15, 0.2) is 0 Å². The zero-order valence-corrected chi connectivity index (χ0v) is 17.9. The summed E-state index contributed by atoms with van der Waals surface area (Å²) in [5, 5.41) is 9.50. The van der Waals surface area contributed by atoms with Crippen molar-refractivity contribution in [3.63, 3.8) is 0 Å². The molecule has 1 fully saturated rings. The van der Waals surface area contributed by atoms with Crippen LogP contribution in [0.1, 0.15) is 36.3 Å². The Labute approximate surface area is 181 Å². The smallest absolute Gasteiger partial charge is 0.309 e. The number of methoxy groups -OCH3 is 1. The first-order valence-corrected chi connectivity index (χ1v) is 10.5. The topological polar surface area (TPSA) is 81.8 Å². The molecular weight excluding hydrogens is 394 g/mol. The van der Waals surface area contributed by atoms with Crippen LogP contribution in [0.4, 0.5) is 0 Å². The minimum absolute atomic E-state index is 0.476. The average molecular weight is 421 g/mol. The Hall–Kier alpha value is -3.28. The van der Waals surface area contributed by atoms with Crippen molar-refractivity contribution >= 4 is 5.97 Å². The quantitative estimate of drug-likeness (QED) is 0.519. The largest absolute Gasteiger partial charge is 0.497 e. The molecule has 1 aliphatic carbocycles. The number of hydrogen-bond acceptors (Lipinski definition) is 5. The maximum atomic E-state index is 11.6. The highest BCUT2D eigenvalue weighted by atomic mass is 16.5. The van der Waals surface area contributed by atoms with Gasteiger partial charge < -0.3 is 19.0 Å². The van der Waals surface area contributed by atoms with E-state index in [4.69, 9.17) is 13.9 Å². The minimum atomic E-state index is -0.685. The highest BCUT2D eigenvalue weighted by Crippen LogP contribution is 2.44. The van der Waals surface area contributed by atoms with E-state index in [1.54, 1.807) is 7.11 Å². The SMILES string of the molecule is COc1cccc(-c2nc(CCOc3ccc(CC4(C(=O)O)CCC4)cc3)c(C)o2)c1. The molecule has 31 heavy (non-hydrogen) atoms. The molecule has 0 atom stereocenters. The number of aliphatic carboxylic acids is 1. The van der Waals surface area contributed by atoms with Gasteiger partial charge in [0.05, 0.1) is 24.8 Å². The lowest BCUT2D eigenvalue weighted by molar-refractivity contribution is -0.154. The third kappa shape index (κ3) is 4.58. The number of benzene rings is 2. The van der Waals surface area contributed by atoms with E-state index in [0.717, 1.165) is 53.3 Å². The van der Waals surface area contributed by atoms with Gasteiger partial charge in [-0.25, -0.2) is 4.98 Å². The molecule has 4 rings (SSSR count). The van der Waals surface area contributed by atoms with E-state index < -0.39 is 11.4 Å². The summed E-state index contributed by atoms with van der Waals surface area (Å²) in [4.78, 5) is 16.2. The summed E-state index contributed by atoms with van der Waals surface area (Å²) >= 11 is 0. The molecule has 2 aromatic carbocycles. The monoisotopic (exact) mass is 421 g/mol. The van der Waals surface area contributed by atoms with Crippen LogP contribution < -0.4 is 9.47 Å². The number of carbonyl (C=O) groups is 1. The van der Waals surface area contributed by atoms with Gasteiger partial charge in [0.25, 0.3) is 0 Å². The van der Waals surface area contributed by atoms with E-state index in [2.05, 4.69) is 4.98 Å². The van der Waals surface area contributed by atoms with E-state index in [-0.39, 0.29) is 0 Å². The first-order valence-electron chi connectivity index (χ1n) is 10.5. The van der Waals surface area contributed by atoms with Crippen LogP contribution in [0, 0.1) is 12.3 Å². The van der Waals surface area contributed by atoms with Crippen molar-refractivity contribution in [1.82, 2.24) is 4.98 Å². The van der Waals surface area contributed by atoms with Gasteiger partial charge in [0, 0.05) is 12.0 Å². The highest BCUT2D eigenvalue weighted by Gasteiger charge is 2.44. The molecule has 0 saturated heterocycles. The maximum Gasteiger partial charge on any atom is 0.309 e. The van der Waals surface area contributed by atoms with Gasteiger partial charge in [-0.2, -0.15) is 0 Å². The van der Waals surface area contributed by atoms with Crippen molar-refractivity contribution in [1.29, 1.82) is 0 Å². The second kappa shape index (κ2) is 8.84. The Bertz CT molecular complexity index is 1050. The van der Waals surface area contributed by atoms with Crippen LogP contribution in [0.3, 0.4) is 0 Å². The van der Waals surface area contributed by atoms with Crippen molar-refractivity contribution in [3.8, 4) is 23.0 Å². The predicted molar refractivity (Wildman–Crippen MR) is 116 cm³/mol. The maximum absolute atomic E-state index is 11.6. The first kappa shape index (κ1) is 21.0. The Morgan fingerprint density at radius 3 is 2.58 bits per heavy atom. The van der Waals surface area contributed by atoms with Crippen molar-refractivity contribution in [2.24, 2.45) is 5.41 Å². The lowest BCUT2D eigenvalue weighted by Crippen LogP contribution is -2.39. The summed E-state index contributed by atoms with van der Waals surface area (Å²) in [6.07, 6.45) is 3.72. The van der Waals surface area contributed by atoms with Crippen LogP contribution in [-0.2, 0) is 17.6 Å². The Morgan fingerprint density at radius 1 is 1.16 bits per heavy atom. The van der Waals surface area contributed by atoms with E-state index in [1.807, 2.05) is 55.5 Å². The molecule has 1 aliphatic rings. The Morgan fingerprint density at radius 2 is 1.94 bits per heavy atom. The fourth-order valence-electron chi connectivity index (χ4n) is 3.97. The second-order valence-corrected chi connectivity index (χ2v) is 8.11. The van der Waals surface area contributed by atoms with E-state index in [1.165, 1.54) is 0 Å². The molecule has 1 saturated carbocycles. The number of aromatic nitrogens is 1. The molecule has 0 unspecified atom stereocenters. The van der Waals surface area contributed by atoms with Gasteiger partial charge in [-0.3, -0.25) is 4.79 Å². The summed E-state index contributed by atoms with van der Waals surface area (Å²) in [5.74, 6) is 2.18. The van der Waals surface area contributed by atoms with E-state index >= 15 is 0 Å². The molecule has 1 N–H and O–H groups in total. The average Bonchev–Trinajstić information content (AvgIpc) is 3.12. The van der Waals surface area contributed by atoms with Gasteiger partial charge in [0.1, 0.15) is 17.3 Å². The number of oxazole rings is 1. The van der Waals surface area contributed by atoms with Gasteiger partial charge >= 0.3 is 5.97 Å². The van der Waals surface area contributed by atoms with Gasteiger partial charge in [-0.05, 0) is 62.1 Å². The van der Waals surface area contributed by atoms with E-state index in [0.29, 0.717) is 25.3 Å².